The molecule has 0 fully saturated rings. The molecular weight excluding hydrogens is 418 g/mol. The fourth-order valence-electron chi connectivity index (χ4n) is 2.99. The summed E-state index contributed by atoms with van der Waals surface area (Å²) in [6.07, 6.45) is 2.94. The smallest absolute Gasteiger partial charge is 0.246 e. The Bertz CT molecular complexity index is 783. The van der Waals surface area contributed by atoms with Crippen LogP contribution in [-0.2, 0) is 37.1 Å². The van der Waals surface area contributed by atoms with Crippen LogP contribution in [-0.4, -0.2) is 64.6 Å². The molecule has 1 aromatic rings. The van der Waals surface area contributed by atoms with E-state index in [-0.39, 0.29) is 12.4 Å². The minimum absolute atomic E-state index is 0.00339. The Morgan fingerprint density at radius 1 is 1.10 bits per heavy atom. The highest BCUT2D eigenvalue weighted by atomic mass is 32.2. The number of carbonyl (C=O) groups is 2. The third kappa shape index (κ3) is 11.9. The van der Waals surface area contributed by atoms with E-state index in [4.69, 9.17) is 4.74 Å². The van der Waals surface area contributed by atoms with Crippen LogP contribution in [0, 0.1) is 0 Å². The van der Waals surface area contributed by atoms with Crippen LogP contribution < -0.4 is 16.0 Å². The lowest BCUT2D eigenvalue weighted by molar-refractivity contribution is -0.130. The van der Waals surface area contributed by atoms with E-state index in [1.807, 2.05) is 13.0 Å². The minimum atomic E-state index is -3.45. The topological polar surface area (TPSA) is 114 Å². The number of hydrogen-bond donors (Lipinski definition) is 3. The number of carbonyl (C=O) groups excluding carboxylic acids is 2. The highest BCUT2D eigenvalue weighted by Crippen LogP contribution is 2.05. The molecule has 8 nitrogen and oxygen atoms in total. The molecule has 0 unspecified atom stereocenters. The first-order chi connectivity index (χ1) is 14.8. The quantitative estimate of drug-likeness (QED) is 0.323. The SMILES string of the molecule is CCCCS(=O)(=O)C[C@@H](NC(=O)COC)C(=O)NCCCNCc1cccc(CC)c1. The summed E-state index contributed by atoms with van der Waals surface area (Å²) in [6.45, 7) is 5.61. The van der Waals surface area contributed by atoms with Crippen molar-refractivity contribution in [2.24, 2.45) is 0 Å². The van der Waals surface area contributed by atoms with E-state index in [0.717, 1.165) is 19.4 Å². The van der Waals surface area contributed by atoms with Crippen LogP contribution in [0.2, 0.25) is 0 Å². The largest absolute Gasteiger partial charge is 0.375 e. The second-order valence-electron chi connectivity index (χ2n) is 7.52. The minimum Gasteiger partial charge on any atom is -0.375 e. The van der Waals surface area contributed by atoms with E-state index >= 15 is 0 Å². The molecule has 3 N–H and O–H groups in total. The summed E-state index contributed by atoms with van der Waals surface area (Å²) in [5.41, 5.74) is 2.50. The standard InChI is InChI=1S/C22H37N3O5S/c1-4-6-13-31(28,29)17-20(25-21(26)16-30-3)22(27)24-12-8-11-23-15-19-10-7-9-18(5-2)14-19/h7,9-10,14,20,23H,4-6,8,11-13,15-17H2,1-3H3,(H,24,27)(H,25,26)/t20-/m1/s1. The number of benzene rings is 1. The Hall–Kier alpha value is -1.97. The van der Waals surface area contributed by atoms with Gasteiger partial charge in [-0.1, -0.05) is 44.5 Å². The molecule has 1 atom stereocenters. The van der Waals surface area contributed by atoms with Gasteiger partial charge >= 0.3 is 0 Å². The summed E-state index contributed by atoms with van der Waals surface area (Å²) in [7, 11) is -2.09. The summed E-state index contributed by atoms with van der Waals surface area (Å²) >= 11 is 0. The zero-order valence-corrected chi connectivity index (χ0v) is 19.7. The van der Waals surface area contributed by atoms with E-state index in [2.05, 4.69) is 41.1 Å². The lowest BCUT2D eigenvalue weighted by atomic mass is 10.1. The Balaban J connectivity index is 2.46. The summed E-state index contributed by atoms with van der Waals surface area (Å²) in [6, 6.07) is 7.25. The molecule has 9 heteroatoms. The van der Waals surface area contributed by atoms with Gasteiger partial charge in [0, 0.05) is 20.2 Å². The second-order valence-corrected chi connectivity index (χ2v) is 9.74. The first-order valence-electron chi connectivity index (χ1n) is 10.9. The molecule has 0 aliphatic heterocycles. The maximum Gasteiger partial charge on any atom is 0.246 e. The van der Waals surface area contributed by atoms with Gasteiger partial charge in [-0.05, 0) is 36.9 Å². The monoisotopic (exact) mass is 455 g/mol. The molecule has 0 aliphatic rings. The van der Waals surface area contributed by atoms with Crippen LogP contribution in [0.25, 0.3) is 0 Å². The molecular formula is C22H37N3O5S. The van der Waals surface area contributed by atoms with Crippen molar-refractivity contribution in [1.82, 2.24) is 16.0 Å². The van der Waals surface area contributed by atoms with Gasteiger partial charge in [0.1, 0.15) is 12.6 Å². The summed E-state index contributed by atoms with van der Waals surface area (Å²) < 4.78 is 29.3. The van der Waals surface area contributed by atoms with Gasteiger partial charge in [0.25, 0.3) is 0 Å². The van der Waals surface area contributed by atoms with Gasteiger partial charge in [0.05, 0.1) is 11.5 Å². The van der Waals surface area contributed by atoms with Crippen LogP contribution in [0.4, 0.5) is 0 Å². The van der Waals surface area contributed by atoms with Gasteiger partial charge < -0.3 is 20.7 Å². The van der Waals surface area contributed by atoms with Gasteiger partial charge in [0.15, 0.2) is 9.84 Å². The molecule has 0 spiro atoms. The molecule has 0 heterocycles. The molecule has 0 radical (unpaired) electrons. The second kappa shape index (κ2) is 14.9. The molecule has 176 valence electrons. The number of sulfone groups is 1. The Kier molecular flexibility index (Phi) is 13.0. The average molecular weight is 456 g/mol. The predicted octanol–water partition coefficient (Wildman–Crippen LogP) is 1.19. The Morgan fingerprint density at radius 2 is 1.84 bits per heavy atom. The van der Waals surface area contributed by atoms with Crippen LogP contribution in [0.5, 0.6) is 0 Å². The number of unbranched alkanes of at least 4 members (excludes halogenated alkanes) is 1. The Morgan fingerprint density at radius 3 is 2.52 bits per heavy atom. The number of aryl methyl sites for hydroxylation is 1. The number of rotatable bonds is 16. The maximum absolute atomic E-state index is 12.5. The lowest BCUT2D eigenvalue weighted by Gasteiger charge is -2.18. The Labute approximate surface area is 186 Å². The van der Waals surface area contributed by atoms with E-state index < -0.39 is 33.4 Å². The molecule has 0 saturated heterocycles. The lowest BCUT2D eigenvalue weighted by Crippen LogP contribution is -2.51. The number of ether oxygens (including phenoxy) is 1. The summed E-state index contributed by atoms with van der Waals surface area (Å²) in [5, 5.41) is 8.52. The zero-order chi connectivity index (χ0) is 23.1. The van der Waals surface area contributed by atoms with E-state index in [0.29, 0.717) is 25.9 Å². The first-order valence-corrected chi connectivity index (χ1v) is 12.7. The van der Waals surface area contributed by atoms with Gasteiger partial charge in [0.2, 0.25) is 11.8 Å². The first kappa shape index (κ1) is 27.1. The molecule has 2 amide bonds. The predicted molar refractivity (Wildman–Crippen MR) is 123 cm³/mol. The highest BCUT2D eigenvalue weighted by molar-refractivity contribution is 7.91. The van der Waals surface area contributed by atoms with Crippen molar-refractivity contribution in [2.45, 2.75) is 52.1 Å². The van der Waals surface area contributed by atoms with Crippen molar-refractivity contribution < 1.29 is 22.7 Å². The third-order valence-electron chi connectivity index (χ3n) is 4.71. The number of hydrogen-bond acceptors (Lipinski definition) is 6. The van der Waals surface area contributed by atoms with Gasteiger partial charge in [-0.25, -0.2) is 8.42 Å². The maximum atomic E-state index is 12.5. The summed E-state index contributed by atoms with van der Waals surface area (Å²) in [4.78, 5) is 24.3. The van der Waals surface area contributed by atoms with E-state index in [9.17, 15) is 18.0 Å². The van der Waals surface area contributed by atoms with Crippen LogP contribution in [0.15, 0.2) is 24.3 Å². The van der Waals surface area contributed by atoms with Crippen molar-refractivity contribution in [3.63, 3.8) is 0 Å². The van der Waals surface area contributed by atoms with Crippen LogP contribution in [0.3, 0.4) is 0 Å². The van der Waals surface area contributed by atoms with Gasteiger partial charge in [-0.2, -0.15) is 0 Å². The van der Waals surface area contributed by atoms with Crippen LogP contribution >= 0.6 is 0 Å². The average Bonchev–Trinajstić information content (AvgIpc) is 2.74. The molecule has 0 saturated carbocycles. The number of methoxy groups -OCH3 is 1. The van der Waals surface area contributed by atoms with Gasteiger partial charge in [-0.3, -0.25) is 9.59 Å². The normalized spacial score (nSPS) is 12.4. The van der Waals surface area contributed by atoms with Crippen molar-refractivity contribution in [3.8, 4) is 0 Å². The fourth-order valence-corrected chi connectivity index (χ4v) is 4.63. The number of amides is 2. The van der Waals surface area contributed by atoms with E-state index in [1.165, 1.54) is 18.2 Å². The molecule has 0 bridgehead atoms. The molecule has 31 heavy (non-hydrogen) atoms. The van der Waals surface area contributed by atoms with Crippen molar-refractivity contribution >= 4 is 21.7 Å². The third-order valence-corrected chi connectivity index (χ3v) is 6.47. The molecule has 0 aliphatic carbocycles. The number of nitrogens with one attached hydrogen (secondary N) is 3. The molecule has 1 aromatic carbocycles. The van der Waals surface area contributed by atoms with Gasteiger partial charge in [-0.15, -0.1) is 0 Å². The zero-order valence-electron chi connectivity index (χ0n) is 18.9. The summed E-state index contributed by atoms with van der Waals surface area (Å²) in [5.74, 6) is -1.44. The molecule has 1 rings (SSSR count). The van der Waals surface area contributed by atoms with Crippen molar-refractivity contribution in [2.75, 3.05) is 38.3 Å². The highest BCUT2D eigenvalue weighted by Gasteiger charge is 2.26. The van der Waals surface area contributed by atoms with Crippen molar-refractivity contribution in [1.29, 1.82) is 0 Å². The fraction of sp³-hybridized carbons (Fsp3) is 0.636. The molecule has 0 aromatic heterocycles. The van der Waals surface area contributed by atoms with Crippen LogP contribution in [0.1, 0.15) is 44.2 Å². The van der Waals surface area contributed by atoms with Crippen molar-refractivity contribution in [3.05, 3.63) is 35.4 Å². The van der Waals surface area contributed by atoms with E-state index in [1.54, 1.807) is 0 Å².